The van der Waals surface area contributed by atoms with E-state index in [1.165, 1.54) is 11.1 Å². The minimum Gasteiger partial charge on any atom is -0.369 e. The van der Waals surface area contributed by atoms with Gasteiger partial charge in [-0.2, -0.15) is 0 Å². The van der Waals surface area contributed by atoms with E-state index < -0.39 is 0 Å². The zero-order chi connectivity index (χ0) is 21.0. The molecule has 0 unspecified atom stereocenters. The van der Waals surface area contributed by atoms with Crippen molar-refractivity contribution in [3.8, 4) is 0 Å². The summed E-state index contributed by atoms with van der Waals surface area (Å²) in [6.07, 6.45) is 4.90. The van der Waals surface area contributed by atoms with Crippen LogP contribution in [0.4, 0.5) is 5.82 Å². The fourth-order valence-corrected chi connectivity index (χ4v) is 3.36. The van der Waals surface area contributed by atoms with Gasteiger partial charge in [0, 0.05) is 11.9 Å². The minimum absolute atomic E-state index is 0.531. The lowest BCUT2D eigenvalue weighted by molar-refractivity contribution is 0.405. The molecule has 0 spiro atoms. The Morgan fingerprint density at radius 2 is 1.79 bits per heavy atom. The first kappa shape index (κ1) is 21.6. The van der Waals surface area contributed by atoms with Gasteiger partial charge in [-0.25, -0.2) is 9.97 Å². The molecular weight excluding hydrogens is 403 g/mol. The molecular formula is C23H26Cl2N4. The number of nitrogens with one attached hydrogen (secondary N) is 1. The Hall–Kier alpha value is -2.14. The number of hydrogen-bond donors (Lipinski definition) is 1. The highest BCUT2D eigenvalue weighted by Gasteiger charge is 2.10. The molecule has 0 saturated heterocycles. The molecule has 3 rings (SSSR count). The van der Waals surface area contributed by atoms with Gasteiger partial charge in [-0.3, -0.25) is 0 Å². The van der Waals surface area contributed by atoms with E-state index in [1.54, 1.807) is 6.07 Å². The average molecular weight is 429 g/mol. The third-order valence-electron chi connectivity index (χ3n) is 4.85. The van der Waals surface area contributed by atoms with Crippen LogP contribution in [0.15, 0.2) is 30.3 Å². The normalized spacial score (nSPS) is 11.7. The van der Waals surface area contributed by atoms with E-state index in [2.05, 4.69) is 50.3 Å². The number of halogens is 2. The van der Waals surface area contributed by atoms with Crippen molar-refractivity contribution in [2.45, 2.75) is 20.3 Å². The Kier molecular flexibility index (Phi) is 7.12. The lowest BCUT2D eigenvalue weighted by Gasteiger charge is -2.13. The second-order valence-electron chi connectivity index (χ2n) is 7.42. The standard InChI is InChI=1S/C23H26Cl2N4/c1-15-6-9-18-22(16(15)2)27-21(28-23(18)26-12-5-13-29(3)4)11-8-17-7-10-19(24)20(25)14-17/h6-11,14H,5,12-13H2,1-4H3,(H,26,27,28)/b11-8+. The van der Waals surface area contributed by atoms with Crippen LogP contribution in [0.2, 0.25) is 10.0 Å². The van der Waals surface area contributed by atoms with E-state index >= 15 is 0 Å². The minimum atomic E-state index is 0.531. The average Bonchev–Trinajstić information content (AvgIpc) is 2.69. The fourth-order valence-electron chi connectivity index (χ4n) is 3.05. The third kappa shape index (κ3) is 5.47. The van der Waals surface area contributed by atoms with Gasteiger partial charge in [0.2, 0.25) is 0 Å². The summed E-state index contributed by atoms with van der Waals surface area (Å²) in [5.41, 5.74) is 4.31. The van der Waals surface area contributed by atoms with Crippen LogP contribution in [0.25, 0.3) is 23.1 Å². The van der Waals surface area contributed by atoms with Crippen LogP contribution < -0.4 is 5.32 Å². The fraction of sp³-hybridized carbons (Fsp3) is 0.304. The molecule has 6 heteroatoms. The Balaban J connectivity index is 1.94. The molecule has 0 amide bonds. The molecule has 0 saturated carbocycles. The maximum absolute atomic E-state index is 6.12. The molecule has 0 radical (unpaired) electrons. The van der Waals surface area contributed by atoms with E-state index in [-0.39, 0.29) is 0 Å². The summed E-state index contributed by atoms with van der Waals surface area (Å²) in [5.74, 6) is 1.53. The molecule has 1 heterocycles. The maximum atomic E-state index is 6.12. The first-order chi connectivity index (χ1) is 13.8. The smallest absolute Gasteiger partial charge is 0.154 e. The monoisotopic (exact) mass is 428 g/mol. The van der Waals surface area contributed by atoms with E-state index in [0.717, 1.165) is 41.8 Å². The van der Waals surface area contributed by atoms with Gasteiger partial charge < -0.3 is 10.2 Å². The topological polar surface area (TPSA) is 41.0 Å². The van der Waals surface area contributed by atoms with Gasteiger partial charge in [0.15, 0.2) is 5.82 Å². The number of aryl methyl sites for hydroxylation is 2. The Bertz CT molecular complexity index is 1040. The molecule has 0 fully saturated rings. The number of hydrogen-bond acceptors (Lipinski definition) is 4. The quantitative estimate of drug-likeness (QED) is 0.462. The Morgan fingerprint density at radius 3 is 2.52 bits per heavy atom. The third-order valence-corrected chi connectivity index (χ3v) is 5.59. The SMILES string of the molecule is Cc1ccc2c(NCCCN(C)C)nc(/C=C/c3ccc(Cl)c(Cl)c3)nc2c1C. The molecule has 0 aliphatic rings. The molecule has 152 valence electrons. The molecule has 0 aliphatic carbocycles. The molecule has 0 bridgehead atoms. The van der Waals surface area contributed by atoms with Crippen molar-refractivity contribution < 1.29 is 0 Å². The summed E-state index contributed by atoms with van der Waals surface area (Å²) in [7, 11) is 4.16. The second-order valence-corrected chi connectivity index (χ2v) is 8.24. The molecule has 4 nitrogen and oxygen atoms in total. The Labute approximate surface area is 182 Å². The van der Waals surface area contributed by atoms with Crippen molar-refractivity contribution in [1.82, 2.24) is 14.9 Å². The summed E-state index contributed by atoms with van der Waals surface area (Å²) in [5, 5.41) is 5.61. The summed E-state index contributed by atoms with van der Waals surface area (Å²) in [6, 6.07) is 9.75. The highest BCUT2D eigenvalue weighted by Crippen LogP contribution is 2.27. The number of benzene rings is 2. The van der Waals surface area contributed by atoms with Crippen molar-refractivity contribution in [3.63, 3.8) is 0 Å². The summed E-state index contributed by atoms with van der Waals surface area (Å²) in [6.45, 7) is 6.09. The molecule has 1 N–H and O–H groups in total. The second kappa shape index (κ2) is 9.57. The first-order valence-electron chi connectivity index (χ1n) is 9.65. The van der Waals surface area contributed by atoms with Crippen molar-refractivity contribution in [3.05, 3.63) is 62.9 Å². The van der Waals surface area contributed by atoms with Crippen LogP contribution >= 0.6 is 23.2 Å². The van der Waals surface area contributed by atoms with E-state index in [9.17, 15) is 0 Å². The van der Waals surface area contributed by atoms with Crippen molar-refractivity contribution in [2.24, 2.45) is 0 Å². The highest BCUT2D eigenvalue weighted by molar-refractivity contribution is 6.42. The van der Waals surface area contributed by atoms with Gasteiger partial charge >= 0.3 is 0 Å². The number of nitrogens with zero attached hydrogens (tertiary/aromatic N) is 3. The van der Waals surface area contributed by atoms with E-state index in [1.807, 2.05) is 24.3 Å². The van der Waals surface area contributed by atoms with Gasteiger partial charge in [0.25, 0.3) is 0 Å². The van der Waals surface area contributed by atoms with Crippen molar-refractivity contribution in [1.29, 1.82) is 0 Å². The van der Waals surface area contributed by atoms with Crippen molar-refractivity contribution >= 4 is 52.1 Å². The zero-order valence-corrected chi connectivity index (χ0v) is 18.8. The lowest BCUT2D eigenvalue weighted by Crippen LogP contribution is -2.17. The predicted octanol–water partition coefficient (Wildman–Crippen LogP) is 6.09. The molecule has 3 aromatic rings. The maximum Gasteiger partial charge on any atom is 0.154 e. The molecule has 0 atom stereocenters. The van der Waals surface area contributed by atoms with Crippen LogP contribution in [-0.4, -0.2) is 42.1 Å². The van der Waals surface area contributed by atoms with Gasteiger partial charge in [0.05, 0.1) is 15.6 Å². The number of aromatic nitrogens is 2. The molecule has 2 aromatic carbocycles. The van der Waals surface area contributed by atoms with Gasteiger partial charge in [0.1, 0.15) is 5.82 Å². The zero-order valence-electron chi connectivity index (χ0n) is 17.3. The number of fused-ring (bicyclic) bond motifs is 1. The van der Waals surface area contributed by atoms with Gasteiger partial charge in [-0.15, -0.1) is 0 Å². The highest BCUT2D eigenvalue weighted by atomic mass is 35.5. The van der Waals surface area contributed by atoms with Gasteiger partial charge in [-0.05, 0) is 81.9 Å². The summed E-state index contributed by atoms with van der Waals surface area (Å²) >= 11 is 12.1. The molecule has 0 aliphatic heterocycles. The number of anilines is 1. The largest absolute Gasteiger partial charge is 0.369 e. The van der Waals surface area contributed by atoms with Crippen LogP contribution in [0.5, 0.6) is 0 Å². The Morgan fingerprint density at radius 1 is 1.00 bits per heavy atom. The van der Waals surface area contributed by atoms with Gasteiger partial charge in [-0.1, -0.05) is 41.4 Å². The summed E-state index contributed by atoms with van der Waals surface area (Å²) in [4.78, 5) is 11.7. The van der Waals surface area contributed by atoms with Crippen LogP contribution in [-0.2, 0) is 0 Å². The predicted molar refractivity (Wildman–Crippen MR) is 126 cm³/mol. The van der Waals surface area contributed by atoms with E-state index in [0.29, 0.717) is 15.9 Å². The lowest BCUT2D eigenvalue weighted by atomic mass is 10.1. The number of rotatable bonds is 7. The van der Waals surface area contributed by atoms with Crippen LogP contribution in [0.1, 0.15) is 28.9 Å². The van der Waals surface area contributed by atoms with Crippen molar-refractivity contribution in [2.75, 3.05) is 32.5 Å². The molecule has 29 heavy (non-hydrogen) atoms. The first-order valence-corrected chi connectivity index (χ1v) is 10.4. The van der Waals surface area contributed by atoms with Crippen LogP contribution in [0.3, 0.4) is 0 Å². The van der Waals surface area contributed by atoms with Crippen LogP contribution in [0, 0.1) is 13.8 Å². The van der Waals surface area contributed by atoms with E-state index in [4.69, 9.17) is 33.2 Å². The summed E-state index contributed by atoms with van der Waals surface area (Å²) < 4.78 is 0. The molecule has 1 aromatic heterocycles.